The van der Waals surface area contributed by atoms with E-state index in [1.807, 2.05) is 35.2 Å². The molecule has 0 amide bonds. The average molecular weight is 173 g/mol. The molecule has 0 spiro atoms. The minimum absolute atomic E-state index is 0.931. The molecule has 0 saturated carbocycles. The topological polar surface area (TPSA) is 3.24 Å². The Balaban J connectivity index is 2.91. The van der Waals surface area contributed by atoms with Gasteiger partial charge < -0.3 is 4.90 Å². The molecule has 1 aromatic carbocycles. The molecule has 1 nitrogen and oxygen atoms in total. The standard InChI is InChI=1S/C12H15N/c1-4-11(3)13(5-2)12-9-7-6-8-10-12/h5-10H,2-4H2,1H3. The van der Waals surface area contributed by atoms with Crippen molar-refractivity contribution in [1.29, 1.82) is 0 Å². The molecule has 68 valence electrons. The lowest BCUT2D eigenvalue weighted by Crippen LogP contribution is -2.12. The van der Waals surface area contributed by atoms with Gasteiger partial charge in [0.15, 0.2) is 0 Å². The summed E-state index contributed by atoms with van der Waals surface area (Å²) in [6, 6.07) is 10.1. The summed E-state index contributed by atoms with van der Waals surface area (Å²) < 4.78 is 0. The van der Waals surface area contributed by atoms with E-state index < -0.39 is 0 Å². The van der Waals surface area contributed by atoms with Gasteiger partial charge in [-0.3, -0.25) is 0 Å². The van der Waals surface area contributed by atoms with Crippen LogP contribution in [0.1, 0.15) is 13.3 Å². The normalized spacial score (nSPS) is 9.31. The highest BCUT2D eigenvalue weighted by Gasteiger charge is 2.02. The Bertz CT molecular complexity index is 287. The van der Waals surface area contributed by atoms with Crippen LogP contribution in [0.25, 0.3) is 0 Å². The van der Waals surface area contributed by atoms with Crippen LogP contribution in [0.15, 0.2) is 55.4 Å². The van der Waals surface area contributed by atoms with Crippen molar-refractivity contribution in [1.82, 2.24) is 0 Å². The van der Waals surface area contributed by atoms with E-state index in [1.54, 1.807) is 6.20 Å². The van der Waals surface area contributed by atoms with E-state index in [0.29, 0.717) is 0 Å². The summed E-state index contributed by atoms with van der Waals surface area (Å²) in [5, 5.41) is 0. The van der Waals surface area contributed by atoms with Gasteiger partial charge in [0.25, 0.3) is 0 Å². The molecule has 0 fully saturated rings. The Morgan fingerprint density at radius 3 is 2.46 bits per heavy atom. The summed E-state index contributed by atoms with van der Waals surface area (Å²) in [6.45, 7) is 9.83. The highest BCUT2D eigenvalue weighted by Crippen LogP contribution is 2.19. The summed E-state index contributed by atoms with van der Waals surface area (Å²) in [5.41, 5.74) is 2.17. The van der Waals surface area contributed by atoms with Crippen LogP contribution in [0.4, 0.5) is 5.69 Å². The van der Waals surface area contributed by atoms with E-state index in [2.05, 4.69) is 20.1 Å². The first-order valence-corrected chi connectivity index (χ1v) is 4.44. The molecule has 1 rings (SSSR count). The van der Waals surface area contributed by atoms with Gasteiger partial charge in [-0.25, -0.2) is 0 Å². The maximum atomic E-state index is 3.98. The van der Waals surface area contributed by atoms with Crippen LogP contribution < -0.4 is 4.90 Å². The van der Waals surface area contributed by atoms with Gasteiger partial charge in [-0.05, 0) is 18.6 Å². The predicted octanol–water partition coefficient (Wildman–Crippen LogP) is 3.56. The molecule has 0 N–H and O–H groups in total. The highest BCUT2D eigenvalue weighted by molar-refractivity contribution is 5.53. The van der Waals surface area contributed by atoms with Crippen molar-refractivity contribution in [2.24, 2.45) is 0 Å². The number of benzene rings is 1. The third-order valence-corrected chi connectivity index (χ3v) is 1.97. The number of para-hydroxylation sites is 1. The van der Waals surface area contributed by atoms with Crippen molar-refractivity contribution >= 4 is 5.69 Å². The van der Waals surface area contributed by atoms with Crippen LogP contribution in [0, 0.1) is 0 Å². The molecule has 1 aromatic rings. The first-order chi connectivity index (χ1) is 6.29. The van der Waals surface area contributed by atoms with Crippen molar-refractivity contribution in [2.75, 3.05) is 4.90 Å². The van der Waals surface area contributed by atoms with Crippen LogP contribution >= 0.6 is 0 Å². The van der Waals surface area contributed by atoms with Gasteiger partial charge >= 0.3 is 0 Å². The first-order valence-electron chi connectivity index (χ1n) is 4.44. The van der Waals surface area contributed by atoms with Gasteiger partial charge in [0.1, 0.15) is 0 Å². The number of allylic oxidation sites excluding steroid dienone is 1. The lowest BCUT2D eigenvalue weighted by Gasteiger charge is -2.21. The molecule has 0 saturated heterocycles. The summed E-state index contributed by atoms with van der Waals surface area (Å²) >= 11 is 0. The van der Waals surface area contributed by atoms with Crippen LogP contribution in [0.2, 0.25) is 0 Å². The van der Waals surface area contributed by atoms with E-state index in [0.717, 1.165) is 17.8 Å². The molecular weight excluding hydrogens is 158 g/mol. The predicted molar refractivity (Wildman–Crippen MR) is 58.5 cm³/mol. The average Bonchev–Trinajstić information content (AvgIpc) is 2.20. The number of anilines is 1. The molecule has 1 heteroatoms. The fourth-order valence-electron chi connectivity index (χ4n) is 1.18. The van der Waals surface area contributed by atoms with Gasteiger partial charge in [-0.2, -0.15) is 0 Å². The molecule has 0 heterocycles. The van der Waals surface area contributed by atoms with E-state index in [4.69, 9.17) is 0 Å². The van der Waals surface area contributed by atoms with Crippen molar-refractivity contribution in [3.63, 3.8) is 0 Å². The Morgan fingerprint density at radius 2 is 2.00 bits per heavy atom. The Morgan fingerprint density at radius 1 is 1.38 bits per heavy atom. The van der Waals surface area contributed by atoms with E-state index in [1.165, 1.54) is 0 Å². The van der Waals surface area contributed by atoms with Crippen molar-refractivity contribution in [3.05, 3.63) is 55.4 Å². The zero-order valence-electron chi connectivity index (χ0n) is 8.03. The van der Waals surface area contributed by atoms with Crippen molar-refractivity contribution < 1.29 is 0 Å². The van der Waals surface area contributed by atoms with Gasteiger partial charge in [-0.15, -0.1) is 0 Å². The highest BCUT2D eigenvalue weighted by atomic mass is 15.1. The lowest BCUT2D eigenvalue weighted by molar-refractivity contribution is 1.02. The molecule has 0 bridgehead atoms. The molecule has 0 atom stereocenters. The summed E-state index contributed by atoms with van der Waals surface area (Å²) in [6.07, 6.45) is 2.72. The SMILES string of the molecule is C=CN(C(=C)CC)c1ccccc1. The lowest BCUT2D eigenvalue weighted by atomic mass is 10.2. The molecule has 0 unspecified atom stereocenters. The summed E-state index contributed by atoms with van der Waals surface area (Å²) in [7, 11) is 0. The second kappa shape index (κ2) is 4.51. The van der Waals surface area contributed by atoms with E-state index >= 15 is 0 Å². The minimum atomic E-state index is 0.931. The maximum absolute atomic E-state index is 3.98. The van der Waals surface area contributed by atoms with Crippen LogP contribution in [0.5, 0.6) is 0 Å². The Hall–Kier alpha value is -1.50. The molecule has 0 aliphatic rings. The zero-order chi connectivity index (χ0) is 9.68. The fourth-order valence-corrected chi connectivity index (χ4v) is 1.18. The van der Waals surface area contributed by atoms with Crippen molar-refractivity contribution in [2.45, 2.75) is 13.3 Å². The minimum Gasteiger partial charge on any atom is -0.322 e. The smallest absolute Gasteiger partial charge is 0.0451 e. The second-order valence-corrected chi connectivity index (χ2v) is 2.81. The summed E-state index contributed by atoms with van der Waals surface area (Å²) in [5.74, 6) is 0. The molecule has 0 aliphatic carbocycles. The number of hydrogen-bond donors (Lipinski definition) is 0. The van der Waals surface area contributed by atoms with Crippen LogP contribution in [0.3, 0.4) is 0 Å². The third-order valence-electron chi connectivity index (χ3n) is 1.97. The van der Waals surface area contributed by atoms with Gasteiger partial charge in [0.05, 0.1) is 0 Å². The number of nitrogens with zero attached hydrogens (tertiary/aromatic N) is 1. The summed E-state index contributed by atoms with van der Waals surface area (Å²) in [4.78, 5) is 2.00. The third kappa shape index (κ3) is 2.22. The number of hydrogen-bond acceptors (Lipinski definition) is 1. The van der Waals surface area contributed by atoms with Crippen LogP contribution in [-0.4, -0.2) is 0 Å². The molecule has 0 aliphatic heterocycles. The van der Waals surface area contributed by atoms with Crippen LogP contribution in [-0.2, 0) is 0 Å². The monoisotopic (exact) mass is 173 g/mol. The molecular formula is C12H15N. The van der Waals surface area contributed by atoms with Gasteiger partial charge in [0, 0.05) is 17.6 Å². The zero-order valence-corrected chi connectivity index (χ0v) is 8.03. The molecule has 13 heavy (non-hydrogen) atoms. The van der Waals surface area contributed by atoms with Gasteiger partial charge in [0.2, 0.25) is 0 Å². The molecule has 0 aromatic heterocycles. The first kappa shape index (κ1) is 9.59. The van der Waals surface area contributed by atoms with Crippen molar-refractivity contribution in [3.8, 4) is 0 Å². The second-order valence-electron chi connectivity index (χ2n) is 2.81. The number of rotatable bonds is 4. The maximum Gasteiger partial charge on any atom is 0.0451 e. The Kier molecular flexibility index (Phi) is 3.32. The van der Waals surface area contributed by atoms with Gasteiger partial charge in [-0.1, -0.05) is 38.3 Å². The Labute approximate surface area is 80.0 Å². The largest absolute Gasteiger partial charge is 0.322 e. The fraction of sp³-hybridized carbons (Fsp3) is 0.167. The van der Waals surface area contributed by atoms with E-state index in [9.17, 15) is 0 Å². The molecule has 0 radical (unpaired) electrons. The van der Waals surface area contributed by atoms with E-state index in [-0.39, 0.29) is 0 Å². The quantitative estimate of drug-likeness (QED) is 0.673.